The molecule has 7 heteroatoms. The third kappa shape index (κ3) is 3.53. The van der Waals surface area contributed by atoms with Gasteiger partial charge in [-0.1, -0.05) is 0 Å². The van der Waals surface area contributed by atoms with Crippen LogP contribution in [0.15, 0.2) is 41.9 Å². The van der Waals surface area contributed by atoms with Gasteiger partial charge in [-0.3, -0.25) is 9.78 Å². The molecule has 0 radical (unpaired) electrons. The topological polar surface area (TPSA) is 96.7 Å². The molecule has 1 aromatic carbocycles. The molecule has 0 unspecified atom stereocenters. The van der Waals surface area contributed by atoms with Crippen LogP contribution in [0.3, 0.4) is 0 Å². The van der Waals surface area contributed by atoms with E-state index < -0.39 is 5.91 Å². The summed E-state index contributed by atoms with van der Waals surface area (Å²) >= 11 is 0. The first-order valence-corrected chi connectivity index (χ1v) is 6.10. The van der Waals surface area contributed by atoms with Crippen LogP contribution in [0.25, 0.3) is 0 Å². The van der Waals surface area contributed by atoms with Gasteiger partial charge < -0.3 is 9.84 Å². The molecule has 2 rings (SSSR count). The number of carbonyl (C=O) groups excluding carboxylic acids is 1. The van der Waals surface area contributed by atoms with Gasteiger partial charge in [-0.15, -0.1) is 0 Å². The number of ether oxygens (including phenoxy) is 1. The quantitative estimate of drug-likeness (QED) is 0.653. The van der Waals surface area contributed by atoms with Crippen molar-refractivity contribution in [1.82, 2.24) is 15.4 Å². The van der Waals surface area contributed by atoms with Gasteiger partial charge in [0.05, 0.1) is 19.0 Å². The molecule has 1 aromatic heterocycles. The maximum atomic E-state index is 11.8. The summed E-state index contributed by atoms with van der Waals surface area (Å²) in [4.78, 5) is 19.5. The second-order valence-electron chi connectivity index (χ2n) is 4.12. The first-order valence-electron chi connectivity index (χ1n) is 6.10. The highest BCUT2D eigenvalue weighted by atomic mass is 16.5. The minimum absolute atomic E-state index is 0.0395. The van der Waals surface area contributed by atoms with Crippen LogP contribution in [0.1, 0.15) is 23.0 Å². The molecule has 0 aliphatic rings. The zero-order valence-electron chi connectivity index (χ0n) is 11.6. The van der Waals surface area contributed by atoms with Gasteiger partial charge in [-0.05, 0) is 25.1 Å². The van der Waals surface area contributed by atoms with Crippen LogP contribution in [0.5, 0.6) is 11.5 Å². The lowest BCUT2D eigenvalue weighted by molar-refractivity contribution is 0.0949. The van der Waals surface area contributed by atoms with Crippen LogP contribution in [0, 0.1) is 0 Å². The van der Waals surface area contributed by atoms with Gasteiger partial charge >= 0.3 is 0 Å². The summed E-state index contributed by atoms with van der Waals surface area (Å²) in [7, 11) is 1.46. The van der Waals surface area contributed by atoms with Crippen LogP contribution in [0.4, 0.5) is 0 Å². The van der Waals surface area contributed by atoms with Crippen LogP contribution >= 0.6 is 0 Å². The predicted molar refractivity (Wildman–Crippen MR) is 76.4 cm³/mol. The molecule has 7 nitrogen and oxygen atoms in total. The van der Waals surface area contributed by atoms with E-state index in [-0.39, 0.29) is 11.4 Å². The van der Waals surface area contributed by atoms with Gasteiger partial charge in [0, 0.05) is 18.0 Å². The smallest absolute Gasteiger partial charge is 0.291 e. The third-order valence-corrected chi connectivity index (χ3v) is 2.72. The Balaban J connectivity index is 2.13. The van der Waals surface area contributed by atoms with E-state index in [1.807, 2.05) is 0 Å². The average Bonchev–Trinajstić information content (AvgIpc) is 2.53. The van der Waals surface area contributed by atoms with Gasteiger partial charge in [0.15, 0.2) is 11.5 Å². The minimum Gasteiger partial charge on any atom is -0.504 e. The molecule has 21 heavy (non-hydrogen) atoms. The highest BCUT2D eigenvalue weighted by molar-refractivity contribution is 6.00. The van der Waals surface area contributed by atoms with Gasteiger partial charge in [0.1, 0.15) is 5.69 Å². The molecule has 0 aliphatic heterocycles. The van der Waals surface area contributed by atoms with Crippen LogP contribution in [-0.4, -0.2) is 33.8 Å². The molecule has 0 saturated carbocycles. The molecule has 0 aliphatic carbocycles. The van der Waals surface area contributed by atoms with E-state index in [0.29, 0.717) is 17.0 Å². The summed E-state index contributed by atoms with van der Waals surface area (Å²) in [6, 6.07) is 4.80. The predicted octanol–water partition coefficient (Wildman–Crippen LogP) is 1.34. The summed E-state index contributed by atoms with van der Waals surface area (Å²) < 4.78 is 5.02. The van der Waals surface area contributed by atoms with Crippen molar-refractivity contribution in [3.05, 3.63) is 48.0 Å². The highest BCUT2D eigenvalue weighted by Crippen LogP contribution is 2.26. The van der Waals surface area contributed by atoms with Crippen LogP contribution in [0.2, 0.25) is 0 Å². The molecule has 1 amide bonds. The fraction of sp³-hybridized carbons (Fsp3) is 0.143. The third-order valence-electron chi connectivity index (χ3n) is 2.72. The Labute approximate surface area is 121 Å². The second kappa shape index (κ2) is 6.47. The number of nitrogens with one attached hydrogen (secondary N) is 1. The number of phenolic OH excluding ortho intramolecular Hbond substituents is 1. The van der Waals surface area contributed by atoms with Gasteiger partial charge in [0.2, 0.25) is 0 Å². The number of nitrogens with zero attached hydrogens (tertiary/aromatic N) is 3. The number of benzene rings is 1. The van der Waals surface area contributed by atoms with Crippen molar-refractivity contribution in [3.63, 3.8) is 0 Å². The summed E-state index contributed by atoms with van der Waals surface area (Å²) in [6.45, 7) is 1.72. The normalized spacial score (nSPS) is 11.0. The number of hydrogen-bond donors (Lipinski definition) is 2. The Kier molecular flexibility index (Phi) is 4.45. The average molecular weight is 286 g/mol. The number of hydrazone groups is 1. The Morgan fingerprint density at radius 3 is 2.86 bits per heavy atom. The molecule has 0 spiro atoms. The lowest BCUT2D eigenvalue weighted by Crippen LogP contribution is -2.20. The van der Waals surface area contributed by atoms with Crippen molar-refractivity contribution in [2.75, 3.05) is 7.11 Å². The number of hydrogen-bond acceptors (Lipinski definition) is 6. The summed E-state index contributed by atoms with van der Waals surface area (Å²) in [5, 5.41) is 13.5. The molecule has 0 atom stereocenters. The zero-order valence-corrected chi connectivity index (χ0v) is 11.6. The molecule has 108 valence electrons. The molecule has 2 aromatic rings. The van der Waals surface area contributed by atoms with Crippen LogP contribution in [-0.2, 0) is 0 Å². The van der Waals surface area contributed by atoms with Crippen molar-refractivity contribution in [3.8, 4) is 11.5 Å². The zero-order chi connectivity index (χ0) is 15.2. The first-order chi connectivity index (χ1) is 10.1. The number of amides is 1. The SMILES string of the molecule is COc1cc(C(C)=NNC(=O)c2cnccn2)ccc1O. The van der Waals surface area contributed by atoms with Gasteiger partial charge in [-0.25, -0.2) is 10.4 Å². The number of aromatic hydroxyl groups is 1. The number of phenols is 1. The number of carbonyl (C=O) groups is 1. The molecule has 1 heterocycles. The van der Waals surface area contributed by atoms with E-state index in [0.717, 1.165) is 0 Å². The molecule has 2 N–H and O–H groups in total. The number of methoxy groups -OCH3 is 1. The molecular formula is C14H14N4O3. The maximum Gasteiger partial charge on any atom is 0.291 e. The summed E-state index contributed by atoms with van der Waals surface area (Å²) in [5.41, 5.74) is 3.84. The standard InChI is InChI=1S/C14H14N4O3/c1-9(10-3-4-12(19)13(7-10)21-2)17-18-14(20)11-8-15-5-6-16-11/h3-8,19H,1-2H3,(H,18,20). The molecular weight excluding hydrogens is 272 g/mol. The van der Waals surface area contributed by atoms with Gasteiger partial charge in [0.25, 0.3) is 5.91 Å². The van der Waals surface area contributed by atoms with E-state index in [1.54, 1.807) is 19.1 Å². The van der Waals surface area contributed by atoms with Crippen molar-refractivity contribution in [1.29, 1.82) is 0 Å². The largest absolute Gasteiger partial charge is 0.504 e. The molecule has 0 bridgehead atoms. The van der Waals surface area contributed by atoms with E-state index in [2.05, 4.69) is 20.5 Å². The first kappa shape index (κ1) is 14.4. The summed E-state index contributed by atoms with van der Waals surface area (Å²) in [6.07, 6.45) is 4.26. The summed E-state index contributed by atoms with van der Waals surface area (Å²) in [5.74, 6) is -0.0758. The molecule has 0 saturated heterocycles. The van der Waals surface area contributed by atoms with E-state index in [4.69, 9.17) is 4.74 Å². The van der Waals surface area contributed by atoms with Crippen LogP contribution < -0.4 is 10.2 Å². The Hall–Kier alpha value is -2.96. The number of aromatic nitrogens is 2. The highest BCUT2D eigenvalue weighted by Gasteiger charge is 2.07. The Bertz CT molecular complexity index is 671. The van der Waals surface area contributed by atoms with Crippen molar-refractivity contribution in [2.45, 2.75) is 6.92 Å². The second-order valence-corrected chi connectivity index (χ2v) is 4.12. The lowest BCUT2D eigenvalue weighted by atomic mass is 10.1. The van der Waals surface area contributed by atoms with E-state index in [9.17, 15) is 9.90 Å². The number of rotatable bonds is 4. The Morgan fingerprint density at radius 1 is 1.38 bits per heavy atom. The molecule has 0 fully saturated rings. The van der Waals surface area contributed by atoms with E-state index in [1.165, 1.54) is 31.8 Å². The minimum atomic E-state index is -0.451. The van der Waals surface area contributed by atoms with E-state index >= 15 is 0 Å². The monoisotopic (exact) mass is 286 g/mol. The van der Waals surface area contributed by atoms with Crippen molar-refractivity contribution >= 4 is 11.6 Å². The Morgan fingerprint density at radius 2 is 2.19 bits per heavy atom. The fourth-order valence-corrected chi connectivity index (χ4v) is 1.58. The fourth-order valence-electron chi connectivity index (χ4n) is 1.58. The maximum absolute atomic E-state index is 11.8. The van der Waals surface area contributed by atoms with Crippen molar-refractivity contribution in [2.24, 2.45) is 5.10 Å². The van der Waals surface area contributed by atoms with Crippen molar-refractivity contribution < 1.29 is 14.6 Å². The lowest BCUT2D eigenvalue weighted by Gasteiger charge is -2.06. The van der Waals surface area contributed by atoms with Gasteiger partial charge in [-0.2, -0.15) is 5.10 Å².